The standard InChI is InChI=1S/C10H15N3O2/c1-7(2)11-10(14)8-6-9-13(12-8)4-3-5-15-9/h6-7H,3-5H2,1-2H3,(H,11,14). The number of aryl methyl sites for hydroxylation is 1. The van der Waals surface area contributed by atoms with Gasteiger partial charge < -0.3 is 10.1 Å². The van der Waals surface area contributed by atoms with Crippen molar-refractivity contribution in [2.75, 3.05) is 6.61 Å². The number of carbonyl (C=O) groups excluding carboxylic acids is 1. The van der Waals surface area contributed by atoms with Gasteiger partial charge in [-0.05, 0) is 13.8 Å². The maximum absolute atomic E-state index is 11.6. The predicted molar refractivity (Wildman–Crippen MR) is 54.9 cm³/mol. The smallest absolute Gasteiger partial charge is 0.272 e. The highest BCUT2D eigenvalue weighted by atomic mass is 16.5. The Hall–Kier alpha value is -1.52. The molecule has 82 valence electrons. The molecule has 5 nitrogen and oxygen atoms in total. The Bertz CT molecular complexity index is 347. The van der Waals surface area contributed by atoms with Crippen molar-refractivity contribution in [3.05, 3.63) is 11.8 Å². The van der Waals surface area contributed by atoms with Crippen molar-refractivity contribution in [3.63, 3.8) is 0 Å². The number of carbonyl (C=O) groups is 1. The minimum absolute atomic E-state index is 0.122. The second kappa shape index (κ2) is 3.92. The molecule has 2 rings (SSSR count). The van der Waals surface area contributed by atoms with Crippen molar-refractivity contribution in [1.82, 2.24) is 15.1 Å². The molecular formula is C10H15N3O2. The molecule has 1 amide bonds. The summed E-state index contributed by atoms with van der Waals surface area (Å²) in [4.78, 5) is 11.6. The third-order valence-corrected chi connectivity index (χ3v) is 2.16. The van der Waals surface area contributed by atoms with Gasteiger partial charge in [-0.3, -0.25) is 4.79 Å². The molecule has 1 aliphatic rings. The average molecular weight is 209 g/mol. The number of nitrogens with one attached hydrogen (secondary N) is 1. The van der Waals surface area contributed by atoms with Gasteiger partial charge in [0, 0.05) is 25.1 Å². The molecule has 15 heavy (non-hydrogen) atoms. The van der Waals surface area contributed by atoms with Crippen LogP contribution >= 0.6 is 0 Å². The summed E-state index contributed by atoms with van der Waals surface area (Å²) in [6.07, 6.45) is 0.944. The summed E-state index contributed by atoms with van der Waals surface area (Å²) in [5, 5.41) is 6.98. The zero-order valence-electron chi connectivity index (χ0n) is 8.99. The molecule has 0 saturated heterocycles. The number of aromatic nitrogens is 2. The Labute approximate surface area is 88.4 Å². The zero-order valence-corrected chi connectivity index (χ0v) is 8.99. The Kier molecular flexibility index (Phi) is 2.62. The number of ether oxygens (including phenoxy) is 1. The second-order valence-electron chi connectivity index (χ2n) is 3.92. The maximum Gasteiger partial charge on any atom is 0.272 e. The van der Waals surface area contributed by atoms with Gasteiger partial charge in [0.1, 0.15) is 0 Å². The molecule has 2 heterocycles. The van der Waals surface area contributed by atoms with E-state index in [1.165, 1.54) is 0 Å². The highest BCUT2D eigenvalue weighted by molar-refractivity contribution is 5.92. The summed E-state index contributed by atoms with van der Waals surface area (Å²) >= 11 is 0. The molecule has 1 N–H and O–H groups in total. The Balaban J connectivity index is 2.15. The van der Waals surface area contributed by atoms with E-state index in [1.54, 1.807) is 10.7 Å². The minimum atomic E-state index is -0.143. The average Bonchev–Trinajstić information content (AvgIpc) is 2.59. The summed E-state index contributed by atoms with van der Waals surface area (Å²) in [6.45, 7) is 5.37. The van der Waals surface area contributed by atoms with Crippen LogP contribution in [0.5, 0.6) is 5.88 Å². The topological polar surface area (TPSA) is 56.2 Å². The highest BCUT2D eigenvalue weighted by Crippen LogP contribution is 2.18. The molecule has 0 spiro atoms. The number of rotatable bonds is 2. The molecule has 0 bridgehead atoms. The fourth-order valence-corrected chi connectivity index (χ4v) is 1.51. The number of amides is 1. The van der Waals surface area contributed by atoms with Gasteiger partial charge in [-0.25, -0.2) is 4.68 Å². The van der Waals surface area contributed by atoms with E-state index < -0.39 is 0 Å². The van der Waals surface area contributed by atoms with E-state index in [-0.39, 0.29) is 11.9 Å². The van der Waals surface area contributed by atoms with E-state index in [1.807, 2.05) is 13.8 Å². The van der Waals surface area contributed by atoms with Crippen molar-refractivity contribution >= 4 is 5.91 Å². The molecule has 0 aromatic carbocycles. The van der Waals surface area contributed by atoms with Crippen LogP contribution in [-0.4, -0.2) is 28.3 Å². The van der Waals surface area contributed by atoms with Crippen molar-refractivity contribution in [2.45, 2.75) is 32.9 Å². The van der Waals surface area contributed by atoms with Crippen molar-refractivity contribution < 1.29 is 9.53 Å². The fourth-order valence-electron chi connectivity index (χ4n) is 1.51. The van der Waals surface area contributed by atoms with Crippen LogP contribution in [0, 0.1) is 0 Å². The van der Waals surface area contributed by atoms with Gasteiger partial charge in [-0.15, -0.1) is 0 Å². The Morgan fingerprint density at radius 2 is 2.47 bits per heavy atom. The Morgan fingerprint density at radius 3 is 3.13 bits per heavy atom. The maximum atomic E-state index is 11.6. The lowest BCUT2D eigenvalue weighted by Gasteiger charge is -2.13. The monoisotopic (exact) mass is 209 g/mol. The third-order valence-electron chi connectivity index (χ3n) is 2.16. The van der Waals surface area contributed by atoms with Crippen LogP contribution in [0.3, 0.4) is 0 Å². The van der Waals surface area contributed by atoms with Crippen LogP contribution in [0.2, 0.25) is 0 Å². The molecule has 0 fully saturated rings. The van der Waals surface area contributed by atoms with Crippen LogP contribution in [0.1, 0.15) is 30.8 Å². The lowest BCUT2D eigenvalue weighted by molar-refractivity contribution is 0.0937. The SMILES string of the molecule is CC(C)NC(=O)c1cc2n(n1)CCCO2. The van der Waals surface area contributed by atoms with Crippen molar-refractivity contribution in [1.29, 1.82) is 0 Å². The van der Waals surface area contributed by atoms with Gasteiger partial charge in [-0.2, -0.15) is 5.10 Å². The molecule has 1 aliphatic heterocycles. The van der Waals surface area contributed by atoms with Gasteiger partial charge in [0.2, 0.25) is 5.88 Å². The normalized spacial score (nSPS) is 14.6. The van der Waals surface area contributed by atoms with E-state index in [9.17, 15) is 4.79 Å². The molecule has 0 saturated carbocycles. The third kappa shape index (κ3) is 2.11. The first kappa shape index (κ1) is 10.0. The molecule has 0 radical (unpaired) electrons. The van der Waals surface area contributed by atoms with Crippen LogP contribution in [0.4, 0.5) is 0 Å². The summed E-state index contributed by atoms with van der Waals surface area (Å²) < 4.78 is 7.11. The first-order valence-electron chi connectivity index (χ1n) is 5.18. The molecule has 1 aromatic heterocycles. The van der Waals surface area contributed by atoms with Gasteiger partial charge in [-0.1, -0.05) is 0 Å². The summed E-state index contributed by atoms with van der Waals surface area (Å²) in [6, 6.07) is 1.81. The molecular weight excluding hydrogens is 194 g/mol. The number of fused-ring (bicyclic) bond motifs is 1. The molecule has 1 aromatic rings. The van der Waals surface area contributed by atoms with Crippen LogP contribution in [0.25, 0.3) is 0 Å². The van der Waals surface area contributed by atoms with Gasteiger partial charge in [0.25, 0.3) is 5.91 Å². The van der Waals surface area contributed by atoms with Crippen molar-refractivity contribution in [3.8, 4) is 5.88 Å². The van der Waals surface area contributed by atoms with E-state index in [0.29, 0.717) is 18.2 Å². The second-order valence-corrected chi connectivity index (χ2v) is 3.92. The minimum Gasteiger partial charge on any atom is -0.478 e. The zero-order chi connectivity index (χ0) is 10.8. The first-order valence-corrected chi connectivity index (χ1v) is 5.18. The summed E-state index contributed by atoms with van der Waals surface area (Å²) in [5.74, 6) is 0.547. The number of hydrogen-bond donors (Lipinski definition) is 1. The quantitative estimate of drug-likeness (QED) is 0.784. The fraction of sp³-hybridized carbons (Fsp3) is 0.600. The lowest BCUT2D eigenvalue weighted by atomic mass is 10.3. The van der Waals surface area contributed by atoms with Crippen molar-refractivity contribution in [2.24, 2.45) is 0 Å². The van der Waals surface area contributed by atoms with Gasteiger partial charge in [0.05, 0.1) is 6.61 Å². The van der Waals surface area contributed by atoms with E-state index in [2.05, 4.69) is 10.4 Å². The predicted octanol–water partition coefficient (Wildman–Crippen LogP) is 0.804. The first-order chi connectivity index (χ1) is 7.16. The summed E-state index contributed by atoms with van der Waals surface area (Å²) in [7, 11) is 0. The lowest BCUT2D eigenvalue weighted by Crippen LogP contribution is -2.30. The number of nitrogens with zero attached hydrogens (tertiary/aromatic N) is 2. The van der Waals surface area contributed by atoms with Crippen LogP contribution in [0.15, 0.2) is 6.07 Å². The molecule has 0 aliphatic carbocycles. The largest absolute Gasteiger partial charge is 0.478 e. The van der Waals surface area contributed by atoms with E-state index in [0.717, 1.165) is 13.0 Å². The highest BCUT2D eigenvalue weighted by Gasteiger charge is 2.17. The number of hydrogen-bond acceptors (Lipinski definition) is 3. The summed E-state index contributed by atoms with van der Waals surface area (Å²) in [5.41, 5.74) is 0.431. The molecule has 0 atom stereocenters. The van der Waals surface area contributed by atoms with Gasteiger partial charge >= 0.3 is 0 Å². The van der Waals surface area contributed by atoms with Crippen LogP contribution < -0.4 is 10.1 Å². The van der Waals surface area contributed by atoms with Gasteiger partial charge in [0.15, 0.2) is 5.69 Å². The molecule has 5 heteroatoms. The Morgan fingerprint density at radius 1 is 1.67 bits per heavy atom. The molecule has 0 unspecified atom stereocenters. The van der Waals surface area contributed by atoms with Crippen LogP contribution in [-0.2, 0) is 6.54 Å². The van der Waals surface area contributed by atoms with E-state index >= 15 is 0 Å². The van der Waals surface area contributed by atoms with E-state index in [4.69, 9.17) is 4.74 Å².